The standard InChI is InChI=1S/C20H16F4N4O2/c21-13-5-12(27-4-3-20(23,24)9-27)6-14(22)18(13)17-8-30-19(29)28(17)11-1-2-15-16(7-11)26-10-25-15/h1-2,5-7,10,17H,3-4,8-9H2,(H,25,26). The highest BCUT2D eigenvalue weighted by Crippen LogP contribution is 2.39. The average Bonchev–Trinajstić information content (AvgIpc) is 3.39. The number of anilines is 2. The average molecular weight is 420 g/mol. The minimum absolute atomic E-state index is 0.00652. The van der Waals surface area contributed by atoms with Crippen molar-refractivity contribution in [2.24, 2.45) is 0 Å². The van der Waals surface area contributed by atoms with Crippen LogP contribution in [-0.2, 0) is 4.74 Å². The van der Waals surface area contributed by atoms with Crippen LogP contribution in [0.25, 0.3) is 11.0 Å². The fourth-order valence-electron chi connectivity index (χ4n) is 4.02. The summed E-state index contributed by atoms with van der Waals surface area (Å²) in [5.74, 6) is -4.73. The van der Waals surface area contributed by atoms with Crippen molar-refractivity contribution in [3.63, 3.8) is 0 Å². The van der Waals surface area contributed by atoms with E-state index in [1.165, 1.54) is 16.1 Å². The highest BCUT2D eigenvalue weighted by atomic mass is 19.3. The zero-order valence-corrected chi connectivity index (χ0v) is 15.5. The van der Waals surface area contributed by atoms with Crippen molar-refractivity contribution in [2.45, 2.75) is 18.4 Å². The molecule has 0 radical (unpaired) electrons. The maximum absolute atomic E-state index is 15.0. The molecule has 2 fully saturated rings. The number of aromatic amines is 1. The third-order valence-electron chi connectivity index (χ3n) is 5.49. The summed E-state index contributed by atoms with van der Waals surface area (Å²) in [5, 5.41) is 0. The number of nitrogens with zero attached hydrogens (tertiary/aromatic N) is 3. The lowest BCUT2D eigenvalue weighted by molar-refractivity contribution is 0.0257. The van der Waals surface area contributed by atoms with Crippen molar-refractivity contribution in [1.29, 1.82) is 0 Å². The van der Waals surface area contributed by atoms with Crippen molar-refractivity contribution in [2.75, 3.05) is 29.5 Å². The van der Waals surface area contributed by atoms with Crippen molar-refractivity contribution >= 4 is 28.5 Å². The lowest BCUT2D eigenvalue weighted by Gasteiger charge is -2.24. The maximum atomic E-state index is 15.0. The van der Waals surface area contributed by atoms with Gasteiger partial charge >= 0.3 is 6.09 Å². The molecule has 0 bridgehead atoms. The van der Waals surface area contributed by atoms with E-state index in [1.54, 1.807) is 18.2 Å². The number of alkyl halides is 2. The van der Waals surface area contributed by atoms with E-state index in [1.807, 2.05) is 0 Å². The number of amides is 1. The monoisotopic (exact) mass is 420 g/mol. The van der Waals surface area contributed by atoms with Gasteiger partial charge < -0.3 is 14.6 Å². The van der Waals surface area contributed by atoms with Gasteiger partial charge in [0, 0.05) is 18.7 Å². The van der Waals surface area contributed by atoms with E-state index >= 15 is 0 Å². The number of carbonyl (C=O) groups is 1. The molecular formula is C20H16F4N4O2. The minimum Gasteiger partial charge on any atom is -0.447 e. The smallest absolute Gasteiger partial charge is 0.415 e. The molecule has 156 valence electrons. The zero-order valence-electron chi connectivity index (χ0n) is 15.5. The molecule has 5 rings (SSSR count). The van der Waals surface area contributed by atoms with E-state index in [2.05, 4.69) is 9.97 Å². The Balaban J connectivity index is 1.51. The van der Waals surface area contributed by atoms with Gasteiger partial charge in [0.2, 0.25) is 0 Å². The van der Waals surface area contributed by atoms with E-state index in [0.29, 0.717) is 16.7 Å². The van der Waals surface area contributed by atoms with Crippen molar-refractivity contribution in [3.05, 3.63) is 53.9 Å². The van der Waals surface area contributed by atoms with E-state index in [-0.39, 0.29) is 30.8 Å². The predicted molar refractivity (Wildman–Crippen MR) is 101 cm³/mol. The second-order valence-corrected chi connectivity index (χ2v) is 7.42. The normalized spacial score (nSPS) is 20.9. The number of cyclic esters (lactones) is 1. The first kappa shape index (κ1) is 18.7. The molecule has 30 heavy (non-hydrogen) atoms. The SMILES string of the molecule is O=C1OCC(c2c(F)cc(N3CCC(F)(F)C3)cc2F)N1c1ccc2nc[nH]c2c1. The summed E-state index contributed by atoms with van der Waals surface area (Å²) in [6, 6.07) is 5.94. The second-order valence-electron chi connectivity index (χ2n) is 7.42. The van der Waals surface area contributed by atoms with E-state index in [0.717, 1.165) is 12.1 Å². The largest absolute Gasteiger partial charge is 0.447 e. The molecule has 2 aromatic carbocycles. The molecule has 0 saturated carbocycles. The van der Waals surface area contributed by atoms with Crippen LogP contribution in [0.1, 0.15) is 18.0 Å². The first-order chi connectivity index (χ1) is 14.3. The number of H-pyrrole nitrogens is 1. The third kappa shape index (κ3) is 3.03. The Kier molecular flexibility index (Phi) is 4.12. The number of fused-ring (bicyclic) bond motifs is 1. The number of nitrogens with one attached hydrogen (secondary N) is 1. The molecule has 0 aliphatic carbocycles. The van der Waals surface area contributed by atoms with Crippen LogP contribution in [0.5, 0.6) is 0 Å². The van der Waals surface area contributed by atoms with Gasteiger partial charge in [-0.25, -0.2) is 27.3 Å². The first-order valence-electron chi connectivity index (χ1n) is 9.33. The maximum Gasteiger partial charge on any atom is 0.415 e. The Morgan fingerprint density at radius 2 is 1.90 bits per heavy atom. The molecule has 0 spiro atoms. The van der Waals surface area contributed by atoms with Crippen LogP contribution in [0.3, 0.4) is 0 Å². The molecule has 2 saturated heterocycles. The Morgan fingerprint density at radius 1 is 1.13 bits per heavy atom. The van der Waals surface area contributed by atoms with Gasteiger partial charge in [-0.15, -0.1) is 0 Å². The molecule has 6 nitrogen and oxygen atoms in total. The van der Waals surface area contributed by atoms with Crippen LogP contribution >= 0.6 is 0 Å². The predicted octanol–water partition coefficient (Wildman–Crippen LogP) is 4.38. The molecule has 2 aliphatic rings. The number of aromatic nitrogens is 2. The fourth-order valence-corrected chi connectivity index (χ4v) is 4.02. The molecule has 1 unspecified atom stereocenters. The van der Waals surface area contributed by atoms with Crippen LogP contribution in [-0.4, -0.2) is 41.7 Å². The number of carbonyl (C=O) groups excluding carboxylic acids is 1. The van der Waals surface area contributed by atoms with Gasteiger partial charge in [-0.3, -0.25) is 4.90 Å². The third-order valence-corrected chi connectivity index (χ3v) is 5.49. The van der Waals surface area contributed by atoms with Crippen LogP contribution in [0.15, 0.2) is 36.7 Å². The number of hydrogen-bond donors (Lipinski definition) is 1. The van der Waals surface area contributed by atoms with E-state index in [4.69, 9.17) is 4.74 Å². The van der Waals surface area contributed by atoms with E-state index in [9.17, 15) is 22.4 Å². The Hall–Kier alpha value is -3.30. The number of halogens is 4. The zero-order chi connectivity index (χ0) is 21.0. The quantitative estimate of drug-likeness (QED) is 0.639. The van der Waals surface area contributed by atoms with Gasteiger partial charge in [0.1, 0.15) is 24.3 Å². The van der Waals surface area contributed by atoms with Gasteiger partial charge in [0.25, 0.3) is 5.92 Å². The summed E-state index contributed by atoms with van der Waals surface area (Å²) in [4.78, 5) is 21.8. The summed E-state index contributed by atoms with van der Waals surface area (Å²) >= 11 is 0. The van der Waals surface area contributed by atoms with Gasteiger partial charge in [-0.05, 0) is 30.3 Å². The van der Waals surface area contributed by atoms with Gasteiger partial charge in [-0.1, -0.05) is 0 Å². The Bertz CT molecular complexity index is 1130. The Labute approximate surface area is 168 Å². The van der Waals surface area contributed by atoms with Gasteiger partial charge in [0.15, 0.2) is 0 Å². The number of benzene rings is 2. The molecule has 3 aromatic rings. The van der Waals surface area contributed by atoms with Crippen molar-refractivity contribution in [3.8, 4) is 0 Å². The topological polar surface area (TPSA) is 61.5 Å². The van der Waals surface area contributed by atoms with Gasteiger partial charge in [-0.2, -0.15) is 0 Å². The van der Waals surface area contributed by atoms with Crippen molar-refractivity contribution in [1.82, 2.24) is 9.97 Å². The van der Waals surface area contributed by atoms with Crippen LogP contribution in [0.2, 0.25) is 0 Å². The Morgan fingerprint density at radius 3 is 2.60 bits per heavy atom. The highest BCUT2D eigenvalue weighted by molar-refractivity contribution is 5.93. The molecule has 3 heterocycles. The number of imidazole rings is 1. The number of hydrogen-bond acceptors (Lipinski definition) is 4. The number of rotatable bonds is 3. The molecule has 1 aromatic heterocycles. The van der Waals surface area contributed by atoms with Gasteiger partial charge in [0.05, 0.1) is 35.2 Å². The summed E-state index contributed by atoms with van der Waals surface area (Å²) in [5.41, 5.74) is 1.41. The minimum atomic E-state index is -2.89. The van der Waals surface area contributed by atoms with Crippen LogP contribution in [0.4, 0.5) is 33.7 Å². The molecule has 10 heteroatoms. The fraction of sp³-hybridized carbons (Fsp3) is 0.300. The highest BCUT2D eigenvalue weighted by Gasteiger charge is 2.41. The molecule has 1 N–H and O–H groups in total. The molecule has 1 atom stereocenters. The van der Waals surface area contributed by atoms with Crippen LogP contribution < -0.4 is 9.80 Å². The van der Waals surface area contributed by atoms with Crippen molar-refractivity contribution < 1.29 is 27.1 Å². The van der Waals surface area contributed by atoms with Crippen LogP contribution in [0, 0.1) is 11.6 Å². The lowest BCUT2D eigenvalue weighted by atomic mass is 10.0. The summed E-state index contributed by atoms with van der Waals surface area (Å²) in [6.07, 6.45) is 0.391. The molecular weight excluding hydrogens is 404 g/mol. The second kappa shape index (κ2) is 6.61. The summed E-state index contributed by atoms with van der Waals surface area (Å²) < 4.78 is 62.0. The molecule has 1 amide bonds. The van der Waals surface area contributed by atoms with E-state index < -0.39 is 36.2 Å². The number of ether oxygens (including phenoxy) is 1. The first-order valence-corrected chi connectivity index (χ1v) is 9.33. The lowest BCUT2D eigenvalue weighted by Crippen LogP contribution is -2.29. The summed E-state index contributed by atoms with van der Waals surface area (Å²) in [7, 11) is 0. The summed E-state index contributed by atoms with van der Waals surface area (Å²) in [6.45, 7) is -0.825. The molecule has 2 aliphatic heterocycles.